The maximum Gasteiger partial charge on any atom is 0.164 e. The number of hydrogen-bond acceptors (Lipinski definition) is 3. The molecule has 282 valence electrons. The third-order valence-corrected chi connectivity index (χ3v) is 11.0. The van der Waals surface area contributed by atoms with Gasteiger partial charge in [-0.2, -0.15) is 0 Å². The fraction of sp³-hybridized carbons (Fsp3) is 0. The van der Waals surface area contributed by atoms with Gasteiger partial charge in [0.1, 0.15) is 0 Å². The van der Waals surface area contributed by atoms with Gasteiger partial charge in [0.25, 0.3) is 0 Å². The Bertz CT molecular complexity index is 2690. The van der Waals surface area contributed by atoms with E-state index >= 15 is 0 Å². The maximum atomic E-state index is 5.09. The monoisotopic (exact) mass is 765 g/mol. The van der Waals surface area contributed by atoms with Gasteiger partial charge in [-0.15, -0.1) is 0 Å². The summed E-state index contributed by atoms with van der Waals surface area (Å²) in [6.45, 7) is 0. The van der Waals surface area contributed by atoms with Crippen molar-refractivity contribution >= 4 is 0 Å². The summed E-state index contributed by atoms with van der Waals surface area (Å²) >= 11 is 0. The average Bonchev–Trinajstić information content (AvgIpc) is 3.35. The normalized spacial score (nSPS) is 11.0. The standard InChI is InChI=1S/C57H39N3/c1-4-13-40(14-5-1)49-19-10-22-52(37-49)43-25-31-46(32-26-43)55-58-56(47-33-27-44(28-34-47)53-23-11-20-50(38-53)41-15-6-2-7-16-41)60-57(59-55)48-35-29-45(30-36-48)54-24-12-21-51(39-54)42-17-8-3-9-18-42/h1-39H. The third-order valence-electron chi connectivity index (χ3n) is 11.0. The predicted molar refractivity (Wildman–Crippen MR) is 249 cm³/mol. The first-order chi connectivity index (χ1) is 29.7. The lowest BCUT2D eigenvalue weighted by Gasteiger charge is -2.11. The molecule has 0 bridgehead atoms. The first-order valence-corrected chi connectivity index (χ1v) is 20.3. The fourth-order valence-electron chi connectivity index (χ4n) is 7.73. The van der Waals surface area contributed by atoms with Crippen LogP contribution in [-0.2, 0) is 0 Å². The lowest BCUT2D eigenvalue weighted by atomic mass is 9.98. The van der Waals surface area contributed by atoms with Crippen molar-refractivity contribution in [3.63, 3.8) is 0 Å². The molecule has 0 N–H and O–H groups in total. The van der Waals surface area contributed by atoms with Gasteiger partial charge in [-0.25, -0.2) is 15.0 Å². The zero-order valence-electron chi connectivity index (χ0n) is 32.9. The summed E-state index contributed by atoms with van der Waals surface area (Å²) in [7, 11) is 0. The highest BCUT2D eigenvalue weighted by Crippen LogP contribution is 2.33. The lowest BCUT2D eigenvalue weighted by molar-refractivity contribution is 1.07. The van der Waals surface area contributed by atoms with Crippen LogP contribution in [0.4, 0.5) is 0 Å². The Labute approximate surface area is 351 Å². The van der Waals surface area contributed by atoms with Gasteiger partial charge in [-0.1, -0.05) is 218 Å². The Morgan fingerprint density at radius 1 is 0.150 bits per heavy atom. The number of benzene rings is 9. The Morgan fingerprint density at radius 3 is 0.567 bits per heavy atom. The van der Waals surface area contributed by atoms with Crippen LogP contribution in [0.3, 0.4) is 0 Å². The van der Waals surface area contributed by atoms with Gasteiger partial charge in [0, 0.05) is 16.7 Å². The van der Waals surface area contributed by atoms with Crippen molar-refractivity contribution in [3.8, 4) is 101 Å². The number of nitrogens with zero attached hydrogens (tertiary/aromatic N) is 3. The number of rotatable bonds is 9. The quantitative estimate of drug-likeness (QED) is 0.147. The molecule has 0 radical (unpaired) electrons. The zero-order chi connectivity index (χ0) is 40.1. The molecule has 60 heavy (non-hydrogen) atoms. The first-order valence-electron chi connectivity index (χ1n) is 20.3. The molecule has 0 spiro atoms. The van der Waals surface area contributed by atoms with Crippen LogP contribution in [0.1, 0.15) is 0 Å². The minimum atomic E-state index is 0.624. The van der Waals surface area contributed by atoms with Crippen LogP contribution in [0, 0.1) is 0 Å². The smallest absolute Gasteiger partial charge is 0.164 e. The highest BCUT2D eigenvalue weighted by Gasteiger charge is 2.14. The molecule has 10 aromatic rings. The molecule has 0 aliphatic rings. The van der Waals surface area contributed by atoms with E-state index in [1.165, 1.54) is 33.4 Å². The van der Waals surface area contributed by atoms with E-state index in [-0.39, 0.29) is 0 Å². The Balaban J connectivity index is 0.997. The lowest BCUT2D eigenvalue weighted by Crippen LogP contribution is -2.00. The molecule has 0 unspecified atom stereocenters. The van der Waals surface area contributed by atoms with E-state index in [1.54, 1.807) is 0 Å². The molecule has 0 aliphatic carbocycles. The van der Waals surface area contributed by atoms with E-state index in [2.05, 4.69) is 218 Å². The summed E-state index contributed by atoms with van der Waals surface area (Å²) in [6.07, 6.45) is 0. The molecule has 0 fully saturated rings. The van der Waals surface area contributed by atoms with Gasteiger partial charge < -0.3 is 0 Å². The molecule has 1 heterocycles. The molecular weight excluding hydrogens is 727 g/mol. The number of aromatic nitrogens is 3. The molecule has 10 rings (SSSR count). The summed E-state index contributed by atoms with van der Waals surface area (Å²) < 4.78 is 0. The largest absolute Gasteiger partial charge is 0.208 e. The zero-order valence-corrected chi connectivity index (χ0v) is 32.9. The Kier molecular flexibility index (Phi) is 9.97. The maximum absolute atomic E-state index is 5.09. The van der Waals surface area contributed by atoms with E-state index < -0.39 is 0 Å². The topological polar surface area (TPSA) is 38.7 Å². The van der Waals surface area contributed by atoms with Gasteiger partial charge in [0.15, 0.2) is 17.5 Å². The van der Waals surface area contributed by atoms with E-state index in [9.17, 15) is 0 Å². The molecule has 0 amide bonds. The predicted octanol–water partition coefficient (Wildman–Crippen LogP) is 14.9. The second-order valence-corrected chi connectivity index (χ2v) is 14.9. The molecule has 0 aliphatic heterocycles. The fourth-order valence-corrected chi connectivity index (χ4v) is 7.73. The van der Waals surface area contributed by atoms with Crippen LogP contribution >= 0.6 is 0 Å². The molecule has 0 saturated carbocycles. The summed E-state index contributed by atoms with van der Waals surface area (Å²) in [5, 5.41) is 0. The average molecular weight is 766 g/mol. The van der Waals surface area contributed by atoms with Crippen molar-refractivity contribution in [1.82, 2.24) is 15.0 Å². The van der Waals surface area contributed by atoms with Crippen LogP contribution in [-0.4, -0.2) is 15.0 Å². The minimum absolute atomic E-state index is 0.624. The van der Waals surface area contributed by atoms with Crippen LogP contribution < -0.4 is 0 Å². The molecule has 0 atom stereocenters. The van der Waals surface area contributed by atoms with Crippen LogP contribution in [0.2, 0.25) is 0 Å². The molecule has 9 aromatic carbocycles. The van der Waals surface area contributed by atoms with E-state index in [0.717, 1.165) is 50.1 Å². The van der Waals surface area contributed by atoms with E-state index in [4.69, 9.17) is 15.0 Å². The first kappa shape index (κ1) is 36.3. The summed E-state index contributed by atoms with van der Waals surface area (Å²) in [5.41, 5.74) is 16.8. The Morgan fingerprint density at radius 2 is 0.333 bits per heavy atom. The second-order valence-electron chi connectivity index (χ2n) is 14.9. The van der Waals surface area contributed by atoms with Gasteiger partial charge in [0.05, 0.1) is 0 Å². The van der Waals surface area contributed by atoms with Gasteiger partial charge in [0.2, 0.25) is 0 Å². The second kappa shape index (κ2) is 16.5. The van der Waals surface area contributed by atoms with Crippen LogP contribution in [0.15, 0.2) is 237 Å². The van der Waals surface area contributed by atoms with Crippen molar-refractivity contribution in [2.45, 2.75) is 0 Å². The van der Waals surface area contributed by atoms with Gasteiger partial charge >= 0.3 is 0 Å². The molecule has 1 aromatic heterocycles. The van der Waals surface area contributed by atoms with Gasteiger partial charge in [-0.05, 0) is 85.0 Å². The molecule has 0 saturated heterocycles. The van der Waals surface area contributed by atoms with Crippen molar-refractivity contribution in [3.05, 3.63) is 237 Å². The summed E-state index contributed by atoms with van der Waals surface area (Å²) in [6, 6.07) is 83.1. The molecular formula is C57H39N3. The van der Waals surface area contributed by atoms with Crippen molar-refractivity contribution in [1.29, 1.82) is 0 Å². The number of hydrogen-bond donors (Lipinski definition) is 0. The third kappa shape index (κ3) is 7.80. The van der Waals surface area contributed by atoms with Gasteiger partial charge in [-0.3, -0.25) is 0 Å². The molecule has 3 heteroatoms. The highest BCUT2D eigenvalue weighted by molar-refractivity contribution is 5.78. The SMILES string of the molecule is c1ccc(-c2cccc(-c3ccc(-c4nc(-c5ccc(-c6cccc(-c7ccccc7)c6)cc5)nc(-c5ccc(-c6cccc(-c7ccccc7)c6)cc5)n4)cc3)c2)cc1. The van der Waals surface area contributed by atoms with E-state index in [0.29, 0.717) is 17.5 Å². The van der Waals surface area contributed by atoms with Crippen molar-refractivity contribution in [2.24, 2.45) is 0 Å². The molecule has 3 nitrogen and oxygen atoms in total. The van der Waals surface area contributed by atoms with Crippen molar-refractivity contribution < 1.29 is 0 Å². The minimum Gasteiger partial charge on any atom is -0.208 e. The Hall–Kier alpha value is -8.01. The summed E-state index contributed by atoms with van der Waals surface area (Å²) in [5.74, 6) is 1.87. The van der Waals surface area contributed by atoms with Crippen LogP contribution in [0.25, 0.3) is 101 Å². The van der Waals surface area contributed by atoms with Crippen LogP contribution in [0.5, 0.6) is 0 Å². The van der Waals surface area contributed by atoms with Crippen molar-refractivity contribution in [2.75, 3.05) is 0 Å². The van der Waals surface area contributed by atoms with E-state index in [1.807, 2.05) is 18.2 Å². The highest BCUT2D eigenvalue weighted by atomic mass is 15.0. The summed E-state index contributed by atoms with van der Waals surface area (Å²) in [4.78, 5) is 15.3.